The van der Waals surface area contributed by atoms with E-state index in [0.717, 1.165) is 17.2 Å². The van der Waals surface area contributed by atoms with Gasteiger partial charge in [0.05, 0.1) is 0 Å². The van der Waals surface area contributed by atoms with Gasteiger partial charge in [0.2, 0.25) is 0 Å². The Morgan fingerprint density at radius 3 is 1.48 bits per heavy atom. The van der Waals surface area contributed by atoms with Crippen LogP contribution in [0.5, 0.6) is 11.5 Å². The van der Waals surface area contributed by atoms with Crippen LogP contribution in [0, 0.1) is 0 Å². The summed E-state index contributed by atoms with van der Waals surface area (Å²) in [6.45, 7) is 34.7. The summed E-state index contributed by atoms with van der Waals surface area (Å²) in [5.41, 5.74) is 24.5. The van der Waals surface area contributed by atoms with Gasteiger partial charge in [-0.15, -0.1) is 0 Å². The summed E-state index contributed by atoms with van der Waals surface area (Å²) >= 11 is 0. The summed E-state index contributed by atoms with van der Waals surface area (Å²) in [5, 5.41) is 0. The summed E-state index contributed by atoms with van der Waals surface area (Å²) in [6.07, 6.45) is 0. The number of rotatable bonds is 5. The van der Waals surface area contributed by atoms with Crippen molar-refractivity contribution in [1.82, 2.24) is 0 Å². The molecule has 8 aromatic rings. The van der Waals surface area contributed by atoms with Crippen molar-refractivity contribution in [2.75, 3.05) is 4.90 Å². The van der Waals surface area contributed by atoms with Crippen molar-refractivity contribution >= 4 is 40.2 Å². The van der Waals surface area contributed by atoms with Gasteiger partial charge in [-0.25, -0.2) is 0 Å². The molecule has 1 unspecified atom stereocenters. The van der Waals surface area contributed by atoms with Crippen LogP contribution < -0.4 is 26.0 Å². The van der Waals surface area contributed by atoms with Crippen molar-refractivity contribution in [3.8, 4) is 22.6 Å². The average Bonchev–Trinajstić information content (AvgIpc) is 3.68. The standard InChI is InChI=1S/C70H74BNO/c1-66(2,3)46-27-23-43(24-28-46)62(44-25-29-47(30-26-44)67(4,5)6)55-22-18-21-54-52-19-16-17-20-53(52)63(64(54)55)45-39-59-65-61(40-45)73-60-38-34-50(70(13,14)15)42-57(60)71(65)56-41-49(69(10,11)12)33-37-58(56)72(59)51-35-31-48(32-36-51)68(7,8)9/h16-42,62-63H,1-15H3. The highest BCUT2D eigenvalue weighted by atomic mass is 16.5. The van der Waals surface area contributed by atoms with E-state index in [-0.39, 0.29) is 45.6 Å². The smallest absolute Gasteiger partial charge is 0.256 e. The zero-order chi connectivity index (χ0) is 51.7. The van der Waals surface area contributed by atoms with E-state index in [9.17, 15) is 0 Å². The fraction of sp³-hybridized carbons (Fsp3) is 0.314. The minimum Gasteiger partial charge on any atom is -0.458 e. The van der Waals surface area contributed by atoms with Crippen LogP contribution in [0.1, 0.15) is 177 Å². The lowest BCUT2D eigenvalue weighted by molar-refractivity contribution is 0.485. The molecule has 0 radical (unpaired) electrons. The van der Waals surface area contributed by atoms with Crippen molar-refractivity contribution in [2.45, 2.75) is 143 Å². The first kappa shape index (κ1) is 48.7. The van der Waals surface area contributed by atoms with Gasteiger partial charge in [-0.3, -0.25) is 0 Å². The Morgan fingerprint density at radius 2 is 0.918 bits per heavy atom. The van der Waals surface area contributed by atoms with E-state index in [1.54, 1.807) is 0 Å². The van der Waals surface area contributed by atoms with Crippen molar-refractivity contribution < 1.29 is 4.74 Å². The second kappa shape index (κ2) is 17.0. The summed E-state index contributed by atoms with van der Waals surface area (Å²) < 4.78 is 7.40. The van der Waals surface area contributed by atoms with Crippen LogP contribution in [-0.2, 0) is 27.1 Å². The second-order valence-corrected chi connectivity index (χ2v) is 26.7. The summed E-state index contributed by atoms with van der Waals surface area (Å²) in [5.74, 6) is 1.81. The average molecular weight is 956 g/mol. The van der Waals surface area contributed by atoms with Gasteiger partial charge in [-0.1, -0.05) is 231 Å². The highest BCUT2D eigenvalue weighted by Gasteiger charge is 2.45. The molecule has 1 aliphatic carbocycles. The molecule has 0 N–H and O–H groups in total. The lowest BCUT2D eigenvalue weighted by Gasteiger charge is -2.41. The van der Waals surface area contributed by atoms with E-state index in [4.69, 9.17) is 4.74 Å². The van der Waals surface area contributed by atoms with Gasteiger partial charge in [0, 0.05) is 28.9 Å². The quantitative estimate of drug-likeness (QED) is 0.126. The van der Waals surface area contributed by atoms with Crippen LogP contribution in [0.4, 0.5) is 17.1 Å². The van der Waals surface area contributed by atoms with E-state index >= 15 is 0 Å². The number of hydrogen-bond acceptors (Lipinski definition) is 2. The number of ether oxygens (including phenoxy) is 1. The Morgan fingerprint density at radius 1 is 0.425 bits per heavy atom. The molecule has 0 bridgehead atoms. The van der Waals surface area contributed by atoms with E-state index in [1.165, 1.54) is 100 Å². The first-order valence-electron chi connectivity index (χ1n) is 26.8. The number of fused-ring (bicyclic) bond motifs is 7. The summed E-state index contributed by atoms with van der Waals surface area (Å²) in [4.78, 5) is 2.55. The van der Waals surface area contributed by atoms with Gasteiger partial charge < -0.3 is 9.64 Å². The number of nitrogens with zero attached hydrogens (tertiary/aromatic N) is 1. The van der Waals surface area contributed by atoms with Crippen LogP contribution >= 0.6 is 0 Å². The fourth-order valence-electron chi connectivity index (χ4n) is 12.1. The maximum atomic E-state index is 7.40. The molecule has 0 aromatic heterocycles. The maximum absolute atomic E-state index is 7.40. The molecule has 1 atom stereocenters. The molecule has 0 saturated carbocycles. The zero-order valence-electron chi connectivity index (χ0n) is 46.2. The molecule has 8 aromatic carbocycles. The van der Waals surface area contributed by atoms with Crippen LogP contribution in [-0.4, -0.2) is 6.71 Å². The minimum absolute atomic E-state index is 0.00276. The van der Waals surface area contributed by atoms with Crippen molar-refractivity contribution in [1.29, 1.82) is 0 Å². The Labute approximate surface area is 438 Å². The number of benzene rings is 8. The Bertz CT molecular complexity index is 3370. The van der Waals surface area contributed by atoms with Gasteiger partial charge in [-0.05, 0) is 152 Å². The molecule has 3 heteroatoms. The van der Waals surface area contributed by atoms with Crippen LogP contribution in [0.2, 0.25) is 0 Å². The first-order valence-corrected chi connectivity index (χ1v) is 26.8. The normalized spacial score (nSPS) is 15.1. The molecule has 2 heterocycles. The van der Waals surface area contributed by atoms with Gasteiger partial charge in [0.1, 0.15) is 11.5 Å². The first-order chi connectivity index (χ1) is 34.4. The molecule has 0 spiro atoms. The predicted octanol–water partition coefficient (Wildman–Crippen LogP) is 16.9. The Kier molecular flexibility index (Phi) is 11.3. The molecule has 368 valence electrons. The predicted molar refractivity (Wildman–Crippen MR) is 312 cm³/mol. The number of anilines is 3. The van der Waals surface area contributed by atoms with Crippen molar-refractivity contribution in [2.24, 2.45) is 0 Å². The third-order valence-electron chi connectivity index (χ3n) is 16.4. The molecule has 2 aliphatic heterocycles. The van der Waals surface area contributed by atoms with Crippen LogP contribution in [0.25, 0.3) is 11.1 Å². The van der Waals surface area contributed by atoms with Gasteiger partial charge in [-0.2, -0.15) is 0 Å². The molecule has 11 rings (SSSR count). The molecule has 2 nitrogen and oxygen atoms in total. The Balaban J connectivity index is 1.18. The van der Waals surface area contributed by atoms with Crippen molar-refractivity contribution in [3.05, 3.63) is 225 Å². The third kappa shape index (κ3) is 8.46. The van der Waals surface area contributed by atoms with Gasteiger partial charge >= 0.3 is 0 Å². The molecular formula is C70H74BNO. The fourth-order valence-corrected chi connectivity index (χ4v) is 12.1. The maximum Gasteiger partial charge on any atom is 0.256 e. The number of hydrogen-bond donors (Lipinski definition) is 0. The monoisotopic (exact) mass is 956 g/mol. The largest absolute Gasteiger partial charge is 0.458 e. The van der Waals surface area contributed by atoms with Gasteiger partial charge in [0.15, 0.2) is 0 Å². The molecule has 0 saturated heterocycles. The SMILES string of the molecule is CC(C)(C)c1ccc(C(c2ccc(C(C)(C)C)cc2)c2cccc3c2C(c2cc4c5c(c2)N(c2ccc(C(C)(C)C)cc2)c2ccc(C(C)(C)C)cc2B5c2cc(C(C)(C)C)ccc2O4)c2ccccc2-3)cc1. The molecule has 0 fully saturated rings. The lowest BCUT2D eigenvalue weighted by Crippen LogP contribution is -2.60. The van der Waals surface area contributed by atoms with E-state index in [1.807, 2.05) is 0 Å². The Hall–Kier alpha value is -6.58. The van der Waals surface area contributed by atoms with Crippen molar-refractivity contribution in [3.63, 3.8) is 0 Å². The topological polar surface area (TPSA) is 12.5 Å². The zero-order valence-corrected chi connectivity index (χ0v) is 46.2. The molecule has 0 amide bonds. The van der Waals surface area contributed by atoms with E-state index in [2.05, 4.69) is 273 Å². The van der Waals surface area contributed by atoms with E-state index < -0.39 is 0 Å². The highest BCUT2D eigenvalue weighted by Crippen LogP contribution is 2.54. The molecular weight excluding hydrogens is 882 g/mol. The summed E-state index contributed by atoms with van der Waals surface area (Å²) in [6, 6.07) is 63.8. The van der Waals surface area contributed by atoms with Gasteiger partial charge in [0.25, 0.3) is 6.71 Å². The lowest BCUT2D eigenvalue weighted by atomic mass is 9.33. The minimum atomic E-state index is -0.0596. The van der Waals surface area contributed by atoms with Crippen LogP contribution in [0.15, 0.2) is 164 Å². The molecule has 3 aliphatic rings. The summed E-state index contributed by atoms with van der Waals surface area (Å²) in [7, 11) is 0. The third-order valence-corrected chi connectivity index (χ3v) is 16.4. The molecule has 73 heavy (non-hydrogen) atoms. The second-order valence-electron chi connectivity index (χ2n) is 26.7. The highest BCUT2D eigenvalue weighted by molar-refractivity contribution is 6.99. The van der Waals surface area contributed by atoms with Crippen LogP contribution in [0.3, 0.4) is 0 Å². The van der Waals surface area contributed by atoms with E-state index in [0.29, 0.717) is 0 Å².